The molecule has 0 saturated carbocycles. The van der Waals surface area contributed by atoms with Gasteiger partial charge in [-0.3, -0.25) is 0 Å². The number of rotatable bonds is 6. The fourth-order valence-electron chi connectivity index (χ4n) is 5.46. The molecule has 0 saturated heterocycles. The van der Waals surface area contributed by atoms with Gasteiger partial charge >= 0.3 is 0 Å². The van der Waals surface area contributed by atoms with Crippen molar-refractivity contribution in [2.45, 2.75) is 0 Å². The van der Waals surface area contributed by atoms with Crippen molar-refractivity contribution in [3.8, 4) is 39.8 Å². The van der Waals surface area contributed by atoms with Crippen LogP contribution in [0.15, 0.2) is 152 Å². The molecule has 4 nitrogen and oxygen atoms in total. The number of nitrogens with zero attached hydrogens (tertiary/aromatic N) is 4. The van der Waals surface area contributed by atoms with Gasteiger partial charge in [0, 0.05) is 33.6 Å². The van der Waals surface area contributed by atoms with Crippen molar-refractivity contribution in [3.63, 3.8) is 0 Å². The highest BCUT2D eigenvalue weighted by Gasteiger charge is 2.17. The zero-order valence-electron chi connectivity index (χ0n) is 23.6. The molecular formula is C39H25FN4. The number of anilines is 3. The van der Waals surface area contributed by atoms with E-state index in [1.165, 1.54) is 12.1 Å². The third-order valence-corrected chi connectivity index (χ3v) is 7.50. The van der Waals surface area contributed by atoms with Gasteiger partial charge in [-0.25, -0.2) is 14.4 Å². The zero-order valence-corrected chi connectivity index (χ0v) is 23.6. The molecular weight excluding hydrogens is 543 g/mol. The quantitative estimate of drug-likeness (QED) is 0.200. The summed E-state index contributed by atoms with van der Waals surface area (Å²) in [6, 6.07) is 50.9. The molecule has 0 bridgehead atoms. The van der Waals surface area contributed by atoms with Crippen LogP contribution in [0, 0.1) is 17.1 Å². The SMILES string of the molecule is N#Cc1cc(F)cc(-c2cccc(N(c3ccccc3)c3ccc4nc(-c5ccccc5)nc(-c5ccccc5)c4c3)c2)c1. The Morgan fingerprint density at radius 1 is 0.523 bits per heavy atom. The lowest BCUT2D eigenvalue weighted by Gasteiger charge is -2.26. The Labute approximate surface area is 255 Å². The molecule has 0 fully saturated rings. The monoisotopic (exact) mass is 568 g/mol. The van der Waals surface area contributed by atoms with Crippen LogP contribution in [0.25, 0.3) is 44.7 Å². The average molecular weight is 569 g/mol. The minimum Gasteiger partial charge on any atom is -0.310 e. The lowest BCUT2D eigenvalue weighted by molar-refractivity contribution is 0.628. The maximum Gasteiger partial charge on any atom is 0.160 e. The van der Waals surface area contributed by atoms with Crippen LogP contribution in [0.1, 0.15) is 5.56 Å². The molecule has 1 heterocycles. The Bertz CT molecular complexity index is 2140. The van der Waals surface area contributed by atoms with Gasteiger partial charge < -0.3 is 4.90 Å². The van der Waals surface area contributed by atoms with E-state index in [4.69, 9.17) is 9.97 Å². The van der Waals surface area contributed by atoms with Crippen LogP contribution < -0.4 is 4.90 Å². The lowest BCUT2D eigenvalue weighted by Crippen LogP contribution is -2.10. The van der Waals surface area contributed by atoms with Gasteiger partial charge in [-0.15, -0.1) is 0 Å². The van der Waals surface area contributed by atoms with E-state index in [2.05, 4.69) is 47.4 Å². The number of halogens is 1. The molecule has 0 amide bonds. The second-order valence-electron chi connectivity index (χ2n) is 10.4. The highest BCUT2D eigenvalue weighted by molar-refractivity contribution is 5.97. The summed E-state index contributed by atoms with van der Waals surface area (Å²) < 4.78 is 14.4. The van der Waals surface area contributed by atoms with Crippen LogP contribution in [-0.4, -0.2) is 9.97 Å². The van der Waals surface area contributed by atoms with Crippen molar-refractivity contribution >= 4 is 28.0 Å². The van der Waals surface area contributed by atoms with Gasteiger partial charge in [-0.1, -0.05) is 91.0 Å². The van der Waals surface area contributed by atoms with E-state index in [-0.39, 0.29) is 5.56 Å². The van der Waals surface area contributed by atoms with Crippen LogP contribution in [0.5, 0.6) is 0 Å². The smallest absolute Gasteiger partial charge is 0.160 e. The van der Waals surface area contributed by atoms with Crippen molar-refractivity contribution in [2.24, 2.45) is 0 Å². The molecule has 0 unspecified atom stereocenters. The molecule has 0 aliphatic rings. The van der Waals surface area contributed by atoms with Crippen molar-refractivity contribution in [1.82, 2.24) is 9.97 Å². The van der Waals surface area contributed by atoms with Crippen LogP contribution in [0.3, 0.4) is 0 Å². The van der Waals surface area contributed by atoms with Crippen molar-refractivity contribution in [2.75, 3.05) is 4.90 Å². The highest BCUT2D eigenvalue weighted by atomic mass is 19.1. The number of nitriles is 1. The third-order valence-electron chi connectivity index (χ3n) is 7.50. The Kier molecular flexibility index (Phi) is 7.08. The fraction of sp³-hybridized carbons (Fsp3) is 0. The Balaban J connectivity index is 1.42. The summed E-state index contributed by atoms with van der Waals surface area (Å²) in [6.45, 7) is 0. The molecule has 0 spiro atoms. The van der Waals surface area contributed by atoms with E-state index in [9.17, 15) is 9.65 Å². The molecule has 1 aromatic heterocycles. The molecule has 0 N–H and O–H groups in total. The predicted octanol–water partition coefficient (Wildman–Crippen LogP) is 10.1. The van der Waals surface area contributed by atoms with Crippen molar-refractivity contribution in [1.29, 1.82) is 5.26 Å². The summed E-state index contributed by atoms with van der Waals surface area (Å²) in [6.07, 6.45) is 0. The van der Waals surface area contributed by atoms with Crippen LogP contribution in [-0.2, 0) is 0 Å². The Morgan fingerprint density at radius 3 is 1.89 bits per heavy atom. The van der Waals surface area contributed by atoms with E-state index in [0.29, 0.717) is 11.4 Å². The minimum atomic E-state index is -0.442. The molecule has 7 aromatic rings. The molecule has 5 heteroatoms. The summed E-state index contributed by atoms with van der Waals surface area (Å²) in [5.74, 6) is 0.228. The summed E-state index contributed by atoms with van der Waals surface area (Å²) in [4.78, 5) is 12.2. The van der Waals surface area contributed by atoms with E-state index in [1.807, 2.05) is 97.1 Å². The van der Waals surface area contributed by atoms with Gasteiger partial charge in [0.05, 0.1) is 22.8 Å². The van der Waals surface area contributed by atoms with Crippen LogP contribution in [0.4, 0.5) is 21.5 Å². The van der Waals surface area contributed by atoms with Gasteiger partial charge in [-0.2, -0.15) is 5.26 Å². The number of hydrogen-bond donors (Lipinski definition) is 0. The summed E-state index contributed by atoms with van der Waals surface area (Å²) in [5, 5.41) is 10.3. The van der Waals surface area contributed by atoms with Crippen molar-refractivity contribution < 1.29 is 4.39 Å². The van der Waals surface area contributed by atoms with Crippen molar-refractivity contribution in [3.05, 3.63) is 163 Å². The van der Waals surface area contributed by atoms with Gasteiger partial charge in [0.1, 0.15) is 5.82 Å². The molecule has 6 aromatic carbocycles. The minimum absolute atomic E-state index is 0.281. The number of fused-ring (bicyclic) bond motifs is 1. The summed E-state index contributed by atoms with van der Waals surface area (Å²) in [5.41, 5.74) is 8.15. The molecule has 44 heavy (non-hydrogen) atoms. The summed E-state index contributed by atoms with van der Waals surface area (Å²) in [7, 11) is 0. The topological polar surface area (TPSA) is 52.8 Å². The molecule has 0 aliphatic carbocycles. The average Bonchev–Trinajstić information content (AvgIpc) is 3.09. The van der Waals surface area contributed by atoms with Gasteiger partial charge in [0.25, 0.3) is 0 Å². The lowest BCUT2D eigenvalue weighted by atomic mass is 10.0. The molecule has 0 aliphatic heterocycles. The zero-order chi connectivity index (χ0) is 29.9. The number of para-hydroxylation sites is 1. The number of aromatic nitrogens is 2. The van der Waals surface area contributed by atoms with Gasteiger partial charge in [0.2, 0.25) is 0 Å². The maximum atomic E-state index is 14.4. The number of benzene rings is 6. The standard InChI is InChI=1S/C39H25FN4/c40-32-22-27(26-41)21-31(23-32)30-15-10-18-34(24-30)44(33-16-8-3-9-17-33)35-19-20-37-36(25-35)38(28-11-4-1-5-12-28)43-39(42-37)29-13-6-2-7-14-29/h1-25H. The molecule has 7 rings (SSSR count). The predicted molar refractivity (Wildman–Crippen MR) is 175 cm³/mol. The van der Waals surface area contributed by atoms with Crippen LogP contribution in [0.2, 0.25) is 0 Å². The normalized spacial score (nSPS) is 10.8. The first-order valence-corrected chi connectivity index (χ1v) is 14.3. The number of hydrogen-bond acceptors (Lipinski definition) is 4. The fourth-order valence-corrected chi connectivity index (χ4v) is 5.46. The van der Waals surface area contributed by atoms with E-state index >= 15 is 0 Å². The second-order valence-corrected chi connectivity index (χ2v) is 10.4. The van der Waals surface area contributed by atoms with Gasteiger partial charge in [0.15, 0.2) is 5.82 Å². The third kappa shape index (κ3) is 5.29. The van der Waals surface area contributed by atoms with E-state index in [0.717, 1.165) is 50.3 Å². The first-order chi connectivity index (χ1) is 21.7. The molecule has 0 radical (unpaired) electrons. The second kappa shape index (κ2) is 11.6. The first kappa shape index (κ1) is 26.8. The largest absolute Gasteiger partial charge is 0.310 e. The highest BCUT2D eigenvalue weighted by Crippen LogP contribution is 2.39. The van der Waals surface area contributed by atoms with Gasteiger partial charge in [-0.05, 0) is 71.8 Å². The Morgan fingerprint density at radius 2 is 1.16 bits per heavy atom. The van der Waals surface area contributed by atoms with Crippen LogP contribution >= 0.6 is 0 Å². The Hall–Kier alpha value is -6.12. The van der Waals surface area contributed by atoms with E-state index in [1.54, 1.807) is 6.07 Å². The first-order valence-electron chi connectivity index (χ1n) is 14.3. The summed E-state index contributed by atoms with van der Waals surface area (Å²) >= 11 is 0. The molecule has 0 atom stereocenters. The maximum absolute atomic E-state index is 14.4. The molecule has 208 valence electrons. The van der Waals surface area contributed by atoms with E-state index < -0.39 is 5.82 Å².